The summed E-state index contributed by atoms with van der Waals surface area (Å²) >= 11 is 0. The number of aliphatic hydroxyl groups excluding tert-OH is 15. The fourth-order valence-electron chi connectivity index (χ4n) is 17.2. The average molecular weight is 1410 g/mol. The van der Waals surface area contributed by atoms with Gasteiger partial charge < -0.3 is 138 Å². The van der Waals surface area contributed by atoms with Crippen molar-refractivity contribution in [3.05, 3.63) is 11.6 Å². The molecule has 32 nitrogen and oxygen atoms in total. The number of ether oxygens (including phenoxy) is 12. The van der Waals surface area contributed by atoms with Crippen molar-refractivity contribution in [1.29, 1.82) is 0 Å². The van der Waals surface area contributed by atoms with Gasteiger partial charge in [-0.3, -0.25) is 8.98 Å². The van der Waals surface area contributed by atoms with E-state index in [4.69, 9.17) is 61.0 Å². The van der Waals surface area contributed by atoms with E-state index < -0.39 is 232 Å². The molecule has 4 aliphatic carbocycles. The van der Waals surface area contributed by atoms with Gasteiger partial charge in [-0.15, -0.1) is 0 Å². The molecule has 0 radical (unpaired) electrons. The van der Waals surface area contributed by atoms with Gasteiger partial charge in [-0.25, -0.2) is 8.42 Å². The van der Waals surface area contributed by atoms with Crippen molar-refractivity contribution in [3.63, 3.8) is 0 Å². The van der Waals surface area contributed by atoms with Crippen molar-refractivity contribution in [2.45, 2.75) is 304 Å². The van der Waals surface area contributed by atoms with Crippen molar-refractivity contribution in [3.8, 4) is 0 Å². The van der Waals surface area contributed by atoms with E-state index in [1.807, 2.05) is 13.8 Å². The first-order valence-electron chi connectivity index (χ1n) is 33.4. The molecule has 0 aromatic heterocycles. The molecule has 6 saturated heterocycles. The van der Waals surface area contributed by atoms with E-state index in [0.717, 1.165) is 19.3 Å². The molecular weight excluding hydrogens is 1310 g/mol. The molecule has 0 bridgehead atoms. The number of allylic oxidation sites excluding steroid dienone is 2. The number of hydrogen-bond acceptors (Lipinski definition) is 32. The van der Waals surface area contributed by atoms with Gasteiger partial charge in [0.1, 0.15) is 128 Å². The van der Waals surface area contributed by atoms with Crippen LogP contribution >= 0.6 is 0 Å². The Bertz CT molecular complexity index is 2710. The Morgan fingerprint density at radius 3 is 1.68 bits per heavy atom. The quantitative estimate of drug-likeness (QED) is 0.0220. The van der Waals surface area contributed by atoms with Crippen LogP contribution in [-0.4, -0.2) is 306 Å². The van der Waals surface area contributed by atoms with Gasteiger partial charge in [0.25, 0.3) is 0 Å². The van der Waals surface area contributed by atoms with Crippen LogP contribution in [-0.2, 0) is 76.2 Å². The third-order valence-corrected chi connectivity index (χ3v) is 22.9. The minimum absolute atomic E-state index is 0. The Kier molecular flexibility index (Phi) is 26.3. The third kappa shape index (κ3) is 16.0. The molecule has 10 rings (SSSR count). The number of aliphatic hydroxyl groups is 15. The number of ketones is 1. The van der Waals surface area contributed by atoms with Gasteiger partial charge in [-0.1, -0.05) is 46.3 Å². The topological polar surface area (TPSA) is 498 Å². The summed E-state index contributed by atoms with van der Waals surface area (Å²) in [6.07, 6.45) is -46.3. The predicted molar refractivity (Wildman–Crippen MR) is 315 cm³/mol. The normalized spacial score (nSPS) is 51.1. The molecule has 6 heterocycles. The van der Waals surface area contributed by atoms with E-state index in [2.05, 4.69) is 26.8 Å². The summed E-state index contributed by atoms with van der Waals surface area (Å²) in [4.78, 5) is 13.2. The van der Waals surface area contributed by atoms with Gasteiger partial charge >= 0.3 is 29.6 Å². The number of hydrogen-bond donors (Lipinski definition) is 15. The van der Waals surface area contributed by atoms with Crippen molar-refractivity contribution >= 4 is 16.2 Å². The van der Waals surface area contributed by atoms with Crippen LogP contribution in [0.25, 0.3) is 0 Å². The Balaban J connectivity index is 0.0000108. The third-order valence-electron chi connectivity index (χ3n) is 22.4. The largest absolute Gasteiger partial charge is 1.00 e. The van der Waals surface area contributed by atoms with Gasteiger partial charge in [0, 0.05) is 12.8 Å². The molecule has 6 aliphatic heterocycles. The summed E-state index contributed by atoms with van der Waals surface area (Å²) in [5.41, 5.74) is 0.370. The van der Waals surface area contributed by atoms with E-state index in [1.54, 1.807) is 0 Å². The molecule has 96 heavy (non-hydrogen) atoms. The second-order valence-corrected chi connectivity index (χ2v) is 30.2. The standard InChI is InChI=1S/C62H102O32S.Na/c1-22(2)15-27(65)16-23(3)30-9-10-31-29-18-34(33-17-28(94-95(79,80)81)11-13-62(33,8)32(29)12-14-61(30,31)7)86-58-50(78)52(39(67)25(5)84-58)91-59-53(92-55-47(75)43(71)38(66)24(4)83-55)42(70)37(21-82-59)89-60-54(45(73)41(69)36(20-64)88-60)93-56-49(77)46(74)51(26(6)85-56)90-57-48(76)44(72)40(68)35(19-63)87-57;/h12,22-26,28-31,33-60,63-64,66-78H,9-11,13-21H2,1-8H3,(H,79,80,81);/q;+1/p-1/t23-,24-,25-,26-,28+,29+,30-,31+,33-,34+,35-,36-,37-,38-,39-,40+,41+,42+,43+,44+,45+,46-,47-,48-,49-,50-,51+,52+,53-,54-,55+,56+,57+,58+,59+,60+,61-,62-;/m1./s1. The van der Waals surface area contributed by atoms with Gasteiger partial charge in [-0.2, -0.15) is 0 Å². The maximum Gasteiger partial charge on any atom is 1.00 e. The Hall–Kier alpha value is -0.800. The fourth-order valence-corrected chi connectivity index (χ4v) is 17.7. The average Bonchev–Trinajstić information content (AvgIpc) is 1.30. The molecular formula is C62H101NaO32S. The molecule has 0 spiro atoms. The van der Waals surface area contributed by atoms with E-state index >= 15 is 0 Å². The van der Waals surface area contributed by atoms with Crippen LogP contribution in [0.1, 0.15) is 113 Å². The van der Waals surface area contributed by atoms with E-state index in [-0.39, 0.29) is 83.2 Å². The van der Waals surface area contributed by atoms with Crippen LogP contribution in [0.15, 0.2) is 11.6 Å². The maximum atomic E-state index is 13.2. The smallest absolute Gasteiger partial charge is 0.726 e. The second-order valence-electron chi connectivity index (χ2n) is 29.2. The Morgan fingerprint density at radius 2 is 1.06 bits per heavy atom. The van der Waals surface area contributed by atoms with Crippen LogP contribution in [0, 0.1) is 46.3 Å². The minimum atomic E-state index is -5.13. The van der Waals surface area contributed by atoms with Crippen LogP contribution in [0.4, 0.5) is 0 Å². The second kappa shape index (κ2) is 31.9. The summed E-state index contributed by atoms with van der Waals surface area (Å²) < 4.78 is 114. The first kappa shape index (κ1) is 79.3. The zero-order valence-corrected chi connectivity index (χ0v) is 58.3. The number of fused-ring (bicyclic) bond motifs is 5. The molecule has 38 atom stereocenters. The van der Waals surface area contributed by atoms with Crippen molar-refractivity contribution in [1.82, 2.24) is 0 Å². The number of carbonyl (C=O) groups is 1. The van der Waals surface area contributed by atoms with Crippen LogP contribution in [0.2, 0.25) is 0 Å². The van der Waals surface area contributed by atoms with Crippen molar-refractivity contribution < 1.29 is 185 Å². The molecule has 0 amide bonds. The summed E-state index contributed by atoms with van der Waals surface area (Å²) in [5.74, 6) is 0.362. The monoisotopic (exact) mass is 1410 g/mol. The molecule has 0 aromatic rings. The summed E-state index contributed by atoms with van der Waals surface area (Å²) in [7, 11) is -5.13. The van der Waals surface area contributed by atoms with Crippen LogP contribution < -0.4 is 29.6 Å². The molecule has 3 saturated carbocycles. The molecule has 15 N–H and O–H groups in total. The number of carbonyl (C=O) groups excluding carboxylic acids is 1. The number of rotatable bonds is 21. The number of Topliss-reactive ketones (excluding diaryl/α,β-unsaturated/α-hetero) is 1. The molecule has 10 aliphatic rings. The van der Waals surface area contributed by atoms with Gasteiger partial charge in [0.2, 0.25) is 10.4 Å². The molecule has 548 valence electrons. The SMILES string of the molecule is CC(C)CC(=O)C[C@@H](C)[C@H]1CC[C@H]2[C@@H]3C[C@H](O[C@@H]4O[C@H](C)[C@@H](O)[C@H](O[C@@H]5OC[C@@H](O[C@@H]6O[C@H](CO)[C@H](O)[C@H](O)[C@H]6O[C@@H]6O[C@H](C)[C@H](O[C@@H]7O[C@H](CO)[C@H](O)[C@H](O)[C@H]7O)[C@H](O)[C@H]6O)[C@H](O)[C@H]5O[C@@H]5O[C@H](C)[C@@H](O)[C@H](O)[C@H]5O)[C@H]4O)[C@H]4C[C@@H](OS(=O)(=O)[O-])CC[C@]4(C)C3=CC[C@]12C.[Na+]. The van der Waals surface area contributed by atoms with Crippen molar-refractivity contribution in [2.75, 3.05) is 19.8 Å². The molecule has 34 heteroatoms. The molecule has 0 aromatic carbocycles. The fraction of sp³-hybridized carbons (Fsp3) is 0.952. The maximum absolute atomic E-state index is 13.2. The van der Waals surface area contributed by atoms with E-state index in [9.17, 15) is 94.4 Å². The van der Waals surface area contributed by atoms with Gasteiger partial charge in [0.15, 0.2) is 37.7 Å². The van der Waals surface area contributed by atoms with E-state index in [0.29, 0.717) is 25.7 Å². The first-order chi connectivity index (χ1) is 44.6. The predicted octanol–water partition coefficient (Wildman–Crippen LogP) is -7.31. The summed E-state index contributed by atoms with van der Waals surface area (Å²) in [5, 5.41) is 166. The van der Waals surface area contributed by atoms with Gasteiger partial charge in [-0.05, 0) is 112 Å². The van der Waals surface area contributed by atoms with E-state index in [1.165, 1.54) is 26.3 Å². The van der Waals surface area contributed by atoms with Crippen LogP contribution in [0.3, 0.4) is 0 Å². The zero-order valence-electron chi connectivity index (χ0n) is 55.5. The minimum Gasteiger partial charge on any atom is -0.726 e. The van der Waals surface area contributed by atoms with Crippen molar-refractivity contribution in [2.24, 2.45) is 46.3 Å². The van der Waals surface area contributed by atoms with Gasteiger partial charge in [0.05, 0.1) is 50.3 Å². The summed E-state index contributed by atoms with van der Waals surface area (Å²) in [6.45, 7) is 12.3. The van der Waals surface area contributed by atoms with Crippen LogP contribution in [0.5, 0.6) is 0 Å². The molecule has 0 unspecified atom stereocenters. The Labute approximate surface area is 579 Å². The summed E-state index contributed by atoms with van der Waals surface area (Å²) in [6, 6.07) is 0. The zero-order chi connectivity index (χ0) is 69.4. The molecule has 9 fully saturated rings. The first-order valence-corrected chi connectivity index (χ1v) is 34.7. The Morgan fingerprint density at radius 1 is 0.552 bits per heavy atom.